The number of aromatic amines is 1. The van der Waals surface area contributed by atoms with Crippen molar-refractivity contribution in [3.05, 3.63) is 39.1 Å². The first-order chi connectivity index (χ1) is 12.6. The van der Waals surface area contributed by atoms with Crippen LogP contribution in [0, 0.1) is 6.92 Å². The van der Waals surface area contributed by atoms with Gasteiger partial charge in [0.05, 0.1) is 17.0 Å². The molecule has 26 heavy (non-hydrogen) atoms. The number of H-pyrrole nitrogens is 1. The smallest absolute Gasteiger partial charge is 0.257 e. The van der Waals surface area contributed by atoms with Gasteiger partial charge in [0.25, 0.3) is 5.56 Å². The third-order valence-corrected chi connectivity index (χ3v) is 5.55. The molecule has 7 heteroatoms. The van der Waals surface area contributed by atoms with Gasteiger partial charge < -0.3 is 4.90 Å². The van der Waals surface area contributed by atoms with E-state index in [-0.39, 0.29) is 5.56 Å². The van der Waals surface area contributed by atoms with Gasteiger partial charge in [-0.3, -0.25) is 19.4 Å². The second-order valence-corrected chi connectivity index (χ2v) is 7.59. The third kappa shape index (κ3) is 3.53. The largest absolute Gasteiger partial charge is 0.342 e. The first-order valence-electron chi connectivity index (χ1n) is 9.68. The molecule has 0 aromatic carbocycles. The molecule has 4 rings (SSSR count). The summed E-state index contributed by atoms with van der Waals surface area (Å²) in [7, 11) is 1.95. The van der Waals surface area contributed by atoms with E-state index >= 15 is 0 Å². The Labute approximate surface area is 154 Å². The van der Waals surface area contributed by atoms with Crippen molar-refractivity contribution in [2.24, 2.45) is 7.05 Å². The van der Waals surface area contributed by atoms with Crippen molar-refractivity contribution in [3.8, 4) is 0 Å². The molecule has 0 aliphatic carbocycles. The summed E-state index contributed by atoms with van der Waals surface area (Å²) >= 11 is 0. The van der Waals surface area contributed by atoms with Gasteiger partial charge in [-0.25, -0.2) is 4.98 Å². The van der Waals surface area contributed by atoms with Gasteiger partial charge in [-0.05, 0) is 19.8 Å². The standard InChI is InChI=1S/C19H28N6O/c1-14-15(11-23(2)22-14)12-24-10-7-17-16(13-24)18(26)21-19(20-17)25-8-5-3-4-6-9-25/h11H,3-10,12-13H2,1-2H3,(H,20,21,26). The summed E-state index contributed by atoms with van der Waals surface area (Å²) in [6.45, 7) is 6.44. The molecule has 7 nitrogen and oxygen atoms in total. The summed E-state index contributed by atoms with van der Waals surface area (Å²) < 4.78 is 1.85. The molecule has 4 heterocycles. The normalized spacial score (nSPS) is 18.6. The number of nitrogens with one attached hydrogen (secondary N) is 1. The summed E-state index contributed by atoms with van der Waals surface area (Å²) in [6.07, 6.45) is 7.80. The molecule has 0 atom stereocenters. The number of hydrogen-bond acceptors (Lipinski definition) is 5. The van der Waals surface area contributed by atoms with Crippen LogP contribution >= 0.6 is 0 Å². The fourth-order valence-corrected chi connectivity index (χ4v) is 4.08. The minimum atomic E-state index is 0.0295. The number of aryl methyl sites for hydroxylation is 2. The van der Waals surface area contributed by atoms with Crippen molar-refractivity contribution < 1.29 is 0 Å². The van der Waals surface area contributed by atoms with Gasteiger partial charge in [-0.15, -0.1) is 0 Å². The van der Waals surface area contributed by atoms with E-state index in [1.807, 2.05) is 18.7 Å². The monoisotopic (exact) mass is 356 g/mol. The van der Waals surface area contributed by atoms with Crippen LogP contribution in [0.3, 0.4) is 0 Å². The Bertz CT molecular complexity index is 831. The highest BCUT2D eigenvalue weighted by molar-refractivity contribution is 5.34. The lowest BCUT2D eigenvalue weighted by molar-refractivity contribution is 0.241. The lowest BCUT2D eigenvalue weighted by atomic mass is 10.1. The fraction of sp³-hybridized carbons (Fsp3) is 0.632. The maximum absolute atomic E-state index is 12.7. The third-order valence-electron chi connectivity index (χ3n) is 5.55. The predicted octanol–water partition coefficient (Wildman–Crippen LogP) is 1.75. The zero-order chi connectivity index (χ0) is 18.1. The van der Waals surface area contributed by atoms with Crippen molar-refractivity contribution in [1.29, 1.82) is 0 Å². The molecule has 140 valence electrons. The Morgan fingerprint density at radius 1 is 1.15 bits per heavy atom. The van der Waals surface area contributed by atoms with E-state index in [4.69, 9.17) is 4.98 Å². The zero-order valence-electron chi connectivity index (χ0n) is 15.8. The lowest BCUT2D eigenvalue weighted by Gasteiger charge is -2.29. The summed E-state index contributed by atoms with van der Waals surface area (Å²) in [5, 5.41) is 4.41. The number of rotatable bonds is 3. The summed E-state index contributed by atoms with van der Waals surface area (Å²) in [5.74, 6) is 0.771. The van der Waals surface area contributed by atoms with E-state index in [1.165, 1.54) is 31.2 Å². The molecule has 0 unspecified atom stereocenters. The quantitative estimate of drug-likeness (QED) is 0.907. The predicted molar refractivity (Wildman–Crippen MR) is 101 cm³/mol. The van der Waals surface area contributed by atoms with E-state index in [2.05, 4.69) is 26.1 Å². The van der Waals surface area contributed by atoms with Gasteiger partial charge >= 0.3 is 0 Å². The number of nitrogens with zero attached hydrogens (tertiary/aromatic N) is 5. The number of aromatic nitrogens is 4. The Morgan fingerprint density at radius 3 is 2.62 bits per heavy atom. The average Bonchev–Trinajstić information content (AvgIpc) is 2.81. The fourth-order valence-electron chi connectivity index (χ4n) is 4.08. The van der Waals surface area contributed by atoms with Crippen molar-refractivity contribution >= 4 is 5.95 Å². The minimum absolute atomic E-state index is 0.0295. The lowest BCUT2D eigenvalue weighted by Crippen LogP contribution is -2.37. The highest BCUT2D eigenvalue weighted by Gasteiger charge is 2.23. The molecule has 1 N–H and O–H groups in total. The van der Waals surface area contributed by atoms with E-state index < -0.39 is 0 Å². The van der Waals surface area contributed by atoms with Crippen molar-refractivity contribution in [1.82, 2.24) is 24.6 Å². The molecule has 0 bridgehead atoms. The van der Waals surface area contributed by atoms with Gasteiger partial charge in [0, 0.05) is 58.0 Å². The van der Waals surface area contributed by atoms with E-state index in [0.717, 1.165) is 55.5 Å². The SMILES string of the molecule is Cc1nn(C)cc1CN1CCc2nc(N3CCCCCC3)[nH]c(=O)c2C1. The average molecular weight is 356 g/mol. The summed E-state index contributed by atoms with van der Waals surface area (Å²) in [4.78, 5) is 25.2. The van der Waals surface area contributed by atoms with Gasteiger partial charge in [-0.1, -0.05) is 12.8 Å². The molecule has 0 spiro atoms. The Hall–Kier alpha value is -2.15. The van der Waals surface area contributed by atoms with Crippen LogP contribution in [0.4, 0.5) is 5.95 Å². The zero-order valence-corrected chi connectivity index (χ0v) is 15.8. The molecule has 2 aliphatic rings. The van der Waals surface area contributed by atoms with Crippen LogP contribution in [0.1, 0.15) is 48.2 Å². The molecular weight excluding hydrogens is 328 g/mol. The van der Waals surface area contributed by atoms with E-state index in [0.29, 0.717) is 6.54 Å². The minimum Gasteiger partial charge on any atom is -0.342 e. The van der Waals surface area contributed by atoms with Gasteiger partial charge in [-0.2, -0.15) is 5.10 Å². The number of anilines is 1. The molecular formula is C19H28N6O. The van der Waals surface area contributed by atoms with Crippen molar-refractivity contribution in [3.63, 3.8) is 0 Å². The number of fused-ring (bicyclic) bond motifs is 1. The van der Waals surface area contributed by atoms with Crippen LogP contribution < -0.4 is 10.5 Å². The van der Waals surface area contributed by atoms with Crippen LogP contribution in [0.25, 0.3) is 0 Å². The second kappa shape index (κ2) is 7.23. The molecule has 1 fully saturated rings. The van der Waals surface area contributed by atoms with Crippen molar-refractivity contribution in [2.45, 2.75) is 52.1 Å². The Balaban J connectivity index is 1.52. The van der Waals surface area contributed by atoms with Gasteiger partial charge in [0.15, 0.2) is 0 Å². The maximum atomic E-state index is 12.7. The Kier molecular flexibility index (Phi) is 4.80. The highest BCUT2D eigenvalue weighted by Crippen LogP contribution is 2.20. The first kappa shape index (κ1) is 17.3. The summed E-state index contributed by atoms with van der Waals surface area (Å²) in [6, 6.07) is 0. The van der Waals surface area contributed by atoms with E-state index in [1.54, 1.807) is 0 Å². The second-order valence-electron chi connectivity index (χ2n) is 7.59. The molecule has 2 aromatic heterocycles. The van der Waals surface area contributed by atoms with Crippen LogP contribution in [0.5, 0.6) is 0 Å². The molecule has 2 aromatic rings. The topological polar surface area (TPSA) is 70.1 Å². The van der Waals surface area contributed by atoms with E-state index in [9.17, 15) is 4.79 Å². The highest BCUT2D eigenvalue weighted by atomic mass is 16.1. The van der Waals surface area contributed by atoms with Crippen LogP contribution in [0.15, 0.2) is 11.0 Å². The molecule has 0 saturated carbocycles. The number of hydrogen-bond donors (Lipinski definition) is 1. The van der Waals surface area contributed by atoms with Gasteiger partial charge in [0.2, 0.25) is 5.95 Å². The van der Waals surface area contributed by atoms with Crippen LogP contribution in [-0.2, 0) is 26.6 Å². The van der Waals surface area contributed by atoms with Crippen LogP contribution in [0.2, 0.25) is 0 Å². The molecule has 2 aliphatic heterocycles. The van der Waals surface area contributed by atoms with Gasteiger partial charge in [0.1, 0.15) is 0 Å². The molecule has 1 saturated heterocycles. The molecule has 0 radical (unpaired) electrons. The first-order valence-corrected chi connectivity index (χ1v) is 9.68. The maximum Gasteiger partial charge on any atom is 0.257 e. The van der Waals surface area contributed by atoms with Crippen LogP contribution in [-0.4, -0.2) is 44.3 Å². The summed E-state index contributed by atoms with van der Waals surface area (Å²) in [5.41, 5.74) is 4.12. The van der Waals surface area contributed by atoms with Crippen molar-refractivity contribution in [2.75, 3.05) is 24.5 Å². The molecule has 0 amide bonds. The Morgan fingerprint density at radius 2 is 1.92 bits per heavy atom.